The van der Waals surface area contributed by atoms with Gasteiger partial charge in [-0.3, -0.25) is 14.5 Å². The molecule has 1 spiro atoms. The molecule has 1 aromatic heterocycles. The molecule has 1 aromatic carbocycles. The molecular weight excluding hydrogens is 409 g/mol. The third-order valence-corrected chi connectivity index (χ3v) is 6.92. The fourth-order valence-electron chi connectivity index (χ4n) is 5.04. The second-order valence-corrected chi connectivity index (χ2v) is 9.05. The molecule has 6 nitrogen and oxygen atoms in total. The largest absolute Gasteiger partial charge is 0.348 e. The number of nitrogens with zero attached hydrogens (tertiary/aromatic N) is 2. The lowest BCUT2D eigenvalue weighted by Gasteiger charge is -2.24. The molecule has 170 valence electrons. The summed E-state index contributed by atoms with van der Waals surface area (Å²) in [4.78, 5) is 39.9. The van der Waals surface area contributed by atoms with Crippen LogP contribution in [0.2, 0.25) is 0 Å². The average molecular weight is 440 g/mol. The molecule has 2 heterocycles. The molecule has 1 aliphatic carbocycles. The van der Waals surface area contributed by atoms with E-state index < -0.39 is 11.6 Å². The molecule has 2 fully saturated rings. The van der Waals surface area contributed by atoms with Gasteiger partial charge in [0, 0.05) is 23.5 Å². The van der Waals surface area contributed by atoms with Gasteiger partial charge in [0.15, 0.2) is 5.78 Å². The lowest BCUT2D eigenvalue weighted by molar-refractivity contribution is -0.131. The normalized spacial score (nSPS) is 18.2. The smallest absolute Gasteiger partial charge is 0.325 e. The van der Waals surface area contributed by atoms with E-state index in [1.54, 1.807) is 12.1 Å². The number of ketones is 1. The number of urea groups is 1. The number of benzene rings is 1. The number of aromatic nitrogens is 1. The predicted molar refractivity (Wildman–Crippen MR) is 119 cm³/mol. The van der Waals surface area contributed by atoms with Gasteiger partial charge in [0.2, 0.25) is 0 Å². The van der Waals surface area contributed by atoms with Crippen LogP contribution in [-0.4, -0.2) is 39.3 Å². The van der Waals surface area contributed by atoms with E-state index in [0.29, 0.717) is 31.4 Å². The highest BCUT2D eigenvalue weighted by molar-refractivity contribution is 6.11. The SMILES string of the molecule is Cc1cc(C(=O)CN2C(=O)NC3(CCCCCC3)C2=O)c(C)n1CCc1ccc(F)cc1. The van der Waals surface area contributed by atoms with Crippen molar-refractivity contribution in [2.45, 2.75) is 70.9 Å². The zero-order chi connectivity index (χ0) is 22.9. The van der Waals surface area contributed by atoms with Gasteiger partial charge in [-0.1, -0.05) is 37.8 Å². The summed E-state index contributed by atoms with van der Waals surface area (Å²) in [6, 6.07) is 7.77. The van der Waals surface area contributed by atoms with E-state index in [0.717, 1.165) is 47.5 Å². The molecule has 0 unspecified atom stereocenters. The molecule has 32 heavy (non-hydrogen) atoms. The summed E-state index contributed by atoms with van der Waals surface area (Å²) in [7, 11) is 0. The van der Waals surface area contributed by atoms with Crippen LogP contribution in [0.5, 0.6) is 0 Å². The number of imide groups is 1. The Morgan fingerprint density at radius 3 is 2.38 bits per heavy atom. The van der Waals surface area contributed by atoms with Gasteiger partial charge >= 0.3 is 6.03 Å². The van der Waals surface area contributed by atoms with Gasteiger partial charge in [-0.15, -0.1) is 0 Å². The number of aryl methyl sites for hydroxylation is 2. The van der Waals surface area contributed by atoms with Crippen molar-refractivity contribution in [3.05, 3.63) is 58.7 Å². The van der Waals surface area contributed by atoms with Crippen molar-refractivity contribution >= 4 is 17.7 Å². The van der Waals surface area contributed by atoms with Crippen LogP contribution in [0.25, 0.3) is 0 Å². The molecular formula is C25H30FN3O3. The fourth-order valence-corrected chi connectivity index (χ4v) is 5.04. The Bertz CT molecular complexity index is 1030. The van der Waals surface area contributed by atoms with E-state index in [1.165, 1.54) is 12.1 Å². The Balaban J connectivity index is 1.46. The van der Waals surface area contributed by atoms with Crippen molar-refractivity contribution in [1.82, 2.24) is 14.8 Å². The zero-order valence-electron chi connectivity index (χ0n) is 18.7. The summed E-state index contributed by atoms with van der Waals surface area (Å²) < 4.78 is 15.2. The van der Waals surface area contributed by atoms with E-state index in [4.69, 9.17) is 0 Å². The highest BCUT2D eigenvalue weighted by atomic mass is 19.1. The molecule has 0 radical (unpaired) electrons. The van der Waals surface area contributed by atoms with Gasteiger partial charge in [-0.05, 0) is 56.9 Å². The van der Waals surface area contributed by atoms with Crippen molar-refractivity contribution in [3.8, 4) is 0 Å². The Morgan fingerprint density at radius 1 is 1.06 bits per heavy atom. The first-order valence-electron chi connectivity index (χ1n) is 11.4. The number of carbonyl (C=O) groups is 3. The summed E-state index contributed by atoms with van der Waals surface area (Å²) in [6.45, 7) is 4.23. The summed E-state index contributed by atoms with van der Waals surface area (Å²) in [5.41, 5.74) is 2.46. The van der Waals surface area contributed by atoms with Crippen molar-refractivity contribution in [2.24, 2.45) is 0 Å². The van der Waals surface area contributed by atoms with E-state index >= 15 is 0 Å². The maximum absolute atomic E-state index is 13.1. The summed E-state index contributed by atoms with van der Waals surface area (Å²) >= 11 is 0. The first kappa shape index (κ1) is 22.2. The number of Topliss-reactive ketones (excluding diaryl/α,β-unsaturated/α-hetero) is 1. The van der Waals surface area contributed by atoms with Crippen LogP contribution in [0.15, 0.2) is 30.3 Å². The van der Waals surface area contributed by atoms with Gasteiger partial charge in [0.05, 0.1) is 6.54 Å². The lowest BCUT2D eigenvalue weighted by Crippen LogP contribution is -2.46. The number of halogens is 1. The highest BCUT2D eigenvalue weighted by Gasteiger charge is 2.51. The van der Waals surface area contributed by atoms with Crippen LogP contribution in [0.3, 0.4) is 0 Å². The molecule has 2 aromatic rings. The monoisotopic (exact) mass is 439 g/mol. The van der Waals surface area contributed by atoms with Crippen LogP contribution >= 0.6 is 0 Å². The molecule has 3 amide bonds. The van der Waals surface area contributed by atoms with E-state index in [2.05, 4.69) is 9.88 Å². The second-order valence-electron chi connectivity index (χ2n) is 9.05. The van der Waals surface area contributed by atoms with Crippen LogP contribution < -0.4 is 5.32 Å². The van der Waals surface area contributed by atoms with Crippen molar-refractivity contribution < 1.29 is 18.8 Å². The zero-order valence-corrected chi connectivity index (χ0v) is 18.7. The minimum Gasteiger partial charge on any atom is -0.348 e. The first-order chi connectivity index (χ1) is 15.3. The van der Waals surface area contributed by atoms with Gasteiger partial charge in [0.25, 0.3) is 5.91 Å². The maximum Gasteiger partial charge on any atom is 0.325 e. The molecule has 0 atom stereocenters. The lowest BCUT2D eigenvalue weighted by atomic mass is 9.90. The number of hydrogen-bond donors (Lipinski definition) is 1. The van der Waals surface area contributed by atoms with Crippen LogP contribution in [-0.2, 0) is 17.8 Å². The molecule has 4 rings (SSSR count). The van der Waals surface area contributed by atoms with Crippen LogP contribution in [0.4, 0.5) is 9.18 Å². The molecule has 7 heteroatoms. The molecule has 0 bridgehead atoms. The summed E-state index contributed by atoms with van der Waals surface area (Å²) in [5.74, 6) is -0.760. The molecule has 1 saturated carbocycles. The third-order valence-electron chi connectivity index (χ3n) is 6.92. The number of rotatable bonds is 6. The number of hydrogen-bond acceptors (Lipinski definition) is 3. The van der Waals surface area contributed by atoms with Crippen molar-refractivity contribution in [1.29, 1.82) is 0 Å². The van der Waals surface area contributed by atoms with Crippen molar-refractivity contribution in [3.63, 3.8) is 0 Å². The summed E-state index contributed by atoms with van der Waals surface area (Å²) in [6.07, 6.45) is 5.92. The second kappa shape index (κ2) is 8.88. The molecule has 2 aliphatic rings. The van der Waals surface area contributed by atoms with Gasteiger partial charge in [-0.2, -0.15) is 0 Å². The molecule has 1 aliphatic heterocycles. The van der Waals surface area contributed by atoms with Crippen LogP contribution in [0, 0.1) is 19.7 Å². The van der Waals surface area contributed by atoms with E-state index in [9.17, 15) is 18.8 Å². The predicted octanol–water partition coefficient (Wildman–Crippen LogP) is 4.31. The summed E-state index contributed by atoms with van der Waals surface area (Å²) in [5, 5.41) is 2.89. The minimum absolute atomic E-state index is 0.236. The quantitative estimate of drug-likeness (QED) is 0.538. The first-order valence-corrected chi connectivity index (χ1v) is 11.4. The third kappa shape index (κ3) is 4.20. The average Bonchev–Trinajstić information content (AvgIpc) is 3.04. The molecule has 1 N–H and O–H groups in total. The Morgan fingerprint density at radius 2 is 1.72 bits per heavy atom. The Hall–Kier alpha value is -2.96. The number of nitrogens with one attached hydrogen (secondary N) is 1. The van der Waals surface area contributed by atoms with Crippen molar-refractivity contribution in [2.75, 3.05) is 6.54 Å². The topological polar surface area (TPSA) is 71.4 Å². The van der Waals surface area contributed by atoms with Gasteiger partial charge in [0.1, 0.15) is 11.4 Å². The standard InChI is InChI=1S/C25H30FN3O3/c1-17-15-21(18(2)28(17)14-11-19-7-9-20(26)10-8-19)22(30)16-29-23(31)25(27-24(29)32)12-5-3-4-6-13-25/h7-10,15H,3-6,11-14,16H2,1-2H3,(H,27,32). The number of amides is 3. The Labute approximate surface area is 187 Å². The van der Waals surface area contributed by atoms with E-state index in [-0.39, 0.29) is 24.1 Å². The fraction of sp³-hybridized carbons (Fsp3) is 0.480. The van der Waals surface area contributed by atoms with Gasteiger partial charge in [-0.25, -0.2) is 9.18 Å². The highest BCUT2D eigenvalue weighted by Crippen LogP contribution is 2.33. The van der Waals surface area contributed by atoms with Crippen LogP contribution in [0.1, 0.15) is 65.8 Å². The minimum atomic E-state index is -0.833. The van der Waals surface area contributed by atoms with E-state index in [1.807, 2.05) is 19.9 Å². The van der Waals surface area contributed by atoms with Gasteiger partial charge < -0.3 is 9.88 Å². The Kier molecular flexibility index (Phi) is 6.17. The number of carbonyl (C=O) groups excluding carboxylic acids is 3. The molecule has 1 saturated heterocycles. The maximum atomic E-state index is 13.1.